The predicted molar refractivity (Wildman–Crippen MR) is 48.0 cm³/mol. The van der Waals surface area contributed by atoms with E-state index < -0.39 is 0 Å². The zero-order chi connectivity index (χ0) is 9.26. The summed E-state index contributed by atoms with van der Waals surface area (Å²) < 4.78 is 7.10. The lowest BCUT2D eigenvalue weighted by molar-refractivity contribution is 0.0664. The summed E-state index contributed by atoms with van der Waals surface area (Å²) in [5.74, 6) is 1.17. The number of aromatic nitrogens is 3. The predicted octanol–water partition coefficient (Wildman–Crippen LogP) is 0.285. The van der Waals surface area contributed by atoms with Gasteiger partial charge in [0.2, 0.25) is 0 Å². The molecule has 1 aliphatic rings. The van der Waals surface area contributed by atoms with Gasteiger partial charge in [-0.1, -0.05) is 5.21 Å². The van der Waals surface area contributed by atoms with Gasteiger partial charge in [-0.15, -0.1) is 5.10 Å². The van der Waals surface area contributed by atoms with Crippen LogP contribution in [0.2, 0.25) is 0 Å². The molecule has 1 fully saturated rings. The van der Waals surface area contributed by atoms with Gasteiger partial charge in [0.15, 0.2) is 5.82 Å². The van der Waals surface area contributed by atoms with Gasteiger partial charge in [-0.3, -0.25) is 0 Å². The van der Waals surface area contributed by atoms with E-state index >= 15 is 0 Å². The van der Waals surface area contributed by atoms with E-state index in [4.69, 9.17) is 10.5 Å². The first kappa shape index (κ1) is 8.50. The molecule has 13 heavy (non-hydrogen) atoms. The van der Waals surface area contributed by atoms with Gasteiger partial charge < -0.3 is 10.5 Å². The van der Waals surface area contributed by atoms with Gasteiger partial charge in [0.25, 0.3) is 0 Å². The lowest BCUT2D eigenvalue weighted by atomic mass is 10.2. The Kier molecular flexibility index (Phi) is 2.18. The van der Waals surface area contributed by atoms with Crippen molar-refractivity contribution in [1.29, 1.82) is 0 Å². The number of methoxy groups -OCH3 is 1. The molecule has 2 N–H and O–H groups in total. The maximum absolute atomic E-state index is 5.45. The fourth-order valence-corrected chi connectivity index (χ4v) is 1.47. The highest BCUT2D eigenvalue weighted by molar-refractivity contribution is 5.19. The number of nitrogen functional groups attached to an aromatic ring is 1. The van der Waals surface area contributed by atoms with Crippen molar-refractivity contribution in [2.24, 2.45) is 5.92 Å². The molecule has 0 aliphatic heterocycles. The number of hydrogen-bond donors (Lipinski definition) is 1. The highest BCUT2D eigenvalue weighted by atomic mass is 16.5. The summed E-state index contributed by atoms with van der Waals surface area (Å²) in [6.07, 6.45) is 4.53. The molecule has 5 nitrogen and oxygen atoms in total. The number of nitrogens with two attached hydrogens (primary N) is 1. The molecule has 2 rings (SSSR count). The lowest BCUT2D eigenvalue weighted by Crippen LogP contribution is -2.21. The Bertz CT molecular complexity index is 281. The summed E-state index contributed by atoms with van der Waals surface area (Å²) in [4.78, 5) is 0. The summed E-state index contributed by atoms with van der Waals surface area (Å²) >= 11 is 0. The summed E-state index contributed by atoms with van der Waals surface area (Å²) in [5, 5.41) is 7.59. The van der Waals surface area contributed by atoms with Crippen molar-refractivity contribution in [3.05, 3.63) is 6.20 Å². The fraction of sp³-hybridized carbons (Fsp3) is 0.750. The van der Waals surface area contributed by atoms with Gasteiger partial charge >= 0.3 is 0 Å². The van der Waals surface area contributed by atoms with E-state index in [2.05, 4.69) is 10.3 Å². The lowest BCUT2D eigenvalue weighted by Gasteiger charge is -2.13. The molecule has 0 aromatic carbocycles. The second kappa shape index (κ2) is 3.33. The van der Waals surface area contributed by atoms with Gasteiger partial charge in [-0.2, -0.15) is 0 Å². The van der Waals surface area contributed by atoms with Crippen molar-refractivity contribution < 1.29 is 4.74 Å². The number of nitrogens with zero attached hydrogens (tertiary/aromatic N) is 3. The maximum atomic E-state index is 5.45. The van der Waals surface area contributed by atoms with E-state index in [0.29, 0.717) is 11.7 Å². The van der Waals surface area contributed by atoms with E-state index in [1.807, 2.05) is 0 Å². The van der Waals surface area contributed by atoms with Crippen LogP contribution in [0.4, 0.5) is 5.82 Å². The standard InChI is InChI=1S/C8H14N4O/c1-13-7(6-2-3-6)4-12-5-8(9)10-11-12/h5-7H,2-4,9H2,1H3. The molecule has 1 heterocycles. The quantitative estimate of drug-likeness (QED) is 0.726. The summed E-state index contributed by atoms with van der Waals surface area (Å²) in [5.41, 5.74) is 5.45. The van der Waals surface area contributed by atoms with Gasteiger partial charge in [-0.25, -0.2) is 4.68 Å². The molecule has 1 aromatic heterocycles. The average Bonchev–Trinajstić information content (AvgIpc) is 2.87. The van der Waals surface area contributed by atoms with Crippen molar-refractivity contribution in [2.45, 2.75) is 25.5 Å². The monoisotopic (exact) mass is 182 g/mol. The first-order valence-corrected chi connectivity index (χ1v) is 4.48. The molecule has 0 spiro atoms. The van der Waals surface area contributed by atoms with Crippen molar-refractivity contribution in [3.63, 3.8) is 0 Å². The minimum absolute atomic E-state index is 0.265. The highest BCUT2D eigenvalue weighted by Crippen LogP contribution is 2.34. The van der Waals surface area contributed by atoms with Gasteiger partial charge in [0.05, 0.1) is 18.8 Å². The van der Waals surface area contributed by atoms with Crippen LogP contribution in [0.1, 0.15) is 12.8 Å². The zero-order valence-corrected chi connectivity index (χ0v) is 7.68. The molecule has 0 bridgehead atoms. The SMILES string of the molecule is COC(Cn1cc(N)nn1)C1CC1. The van der Waals surface area contributed by atoms with Crippen LogP contribution in [-0.2, 0) is 11.3 Å². The van der Waals surface area contributed by atoms with E-state index in [1.165, 1.54) is 12.8 Å². The molecule has 5 heteroatoms. The van der Waals surface area contributed by atoms with Crippen molar-refractivity contribution in [1.82, 2.24) is 15.0 Å². The van der Waals surface area contributed by atoms with Crippen molar-refractivity contribution in [3.8, 4) is 0 Å². The normalized spacial score (nSPS) is 18.8. The number of rotatable bonds is 4. The first-order valence-electron chi connectivity index (χ1n) is 4.48. The van der Waals surface area contributed by atoms with E-state index in [0.717, 1.165) is 6.54 Å². The molecule has 1 unspecified atom stereocenters. The molecule has 0 radical (unpaired) electrons. The van der Waals surface area contributed by atoms with Crippen LogP contribution in [0.15, 0.2) is 6.20 Å². The molecule has 0 amide bonds. The largest absolute Gasteiger partial charge is 0.381 e. The molecule has 1 aliphatic carbocycles. The Labute approximate surface area is 76.9 Å². The van der Waals surface area contributed by atoms with Crippen LogP contribution in [0, 0.1) is 5.92 Å². The smallest absolute Gasteiger partial charge is 0.165 e. The molecule has 1 atom stereocenters. The maximum Gasteiger partial charge on any atom is 0.165 e. The Morgan fingerprint density at radius 1 is 1.77 bits per heavy atom. The Balaban J connectivity index is 1.95. The third-order valence-electron chi connectivity index (χ3n) is 2.37. The Morgan fingerprint density at radius 3 is 3.00 bits per heavy atom. The molecule has 0 saturated heterocycles. The van der Waals surface area contributed by atoms with Crippen LogP contribution < -0.4 is 5.73 Å². The highest BCUT2D eigenvalue weighted by Gasteiger charge is 2.31. The van der Waals surface area contributed by atoms with Crippen LogP contribution >= 0.6 is 0 Å². The van der Waals surface area contributed by atoms with Crippen LogP contribution in [0.25, 0.3) is 0 Å². The fourth-order valence-electron chi connectivity index (χ4n) is 1.47. The van der Waals surface area contributed by atoms with Gasteiger partial charge in [0, 0.05) is 7.11 Å². The topological polar surface area (TPSA) is 66.0 Å². The second-order valence-corrected chi connectivity index (χ2v) is 3.48. The van der Waals surface area contributed by atoms with Crippen LogP contribution in [0.5, 0.6) is 0 Å². The third-order valence-corrected chi connectivity index (χ3v) is 2.37. The summed E-state index contributed by atoms with van der Waals surface area (Å²) in [6, 6.07) is 0. The van der Waals surface area contributed by atoms with Crippen molar-refractivity contribution >= 4 is 5.82 Å². The first-order chi connectivity index (χ1) is 6.29. The van der Waals surface area contributed by atoms with Gasteiger partial charge in [0.1, 0.15) is 0 Å². The Morgan fingerprint density at radius 2 is 2.54 bits per heavy atom. The summed E-state index contributed by atoms with van der Waals surface area (Å²) in [7, 11) is 1.74. The minimum atomic E-state index is 0.265. The van der Waals surface area contributed by atoms with E-state index in [-0.39, 0.29) is 6.10 Å². The average molecular weight is 182 g/mol. The number of anilines is 1. The van der Waals surface area contributed by atoms with Crippen LogP contribution in [-0.4, -0.2) is 28.2 Å². The molecule has 1 aromatic rings. The number of ether oxygens (including phenoxy) is 1. The molecule has 72 valence electrons. The van der Waals surface area contributed by atoms with E-state index in [1.54, 1.807) is 18.0 Å². The Hall–Kier alpha value is -1.10. The van der Waals surface area contributed by atoms with Gasteiger partial charge in [-0.05, 0) is 18.8 Å². The molecular weight excluding hydrogens is 168 g/mol. The minimum Gasteiger partial charge on any atom is -0.381 e. The molecular formula is C8H14N4O. The third kappa shape index (κ3) is 1.98. The van der Waals surface area contributed by atoms with E-state index in [9.17, 15) is 0 Å². The van der Waals surface area contributed by atoms with Crippen molar-refractivity contribution in [2.75, 3.05) is 12.8 Å². The zero-order valence-electron chi connectivity index (χ0n) is 7.68. The summed E-state index contributed by atoms with van der Waals surface area (Å²) in [6.45, 7) is 0.755. The van der Waals surface area contributed by atoms with Crippen LogP contribution in [0.3, 0.4) is 0 Å². The number of hydrogen-bond acceptors (Lipinski definition) is 4. The molecule has 1 saturated carbocycles. The second-order valence-electron chi connectivity index (χ2n) is 3.48.